The fourth-order valence-corrected chi connectivity index (χ4v) is 2.26. The Morgan fingerprint density at radius 3 is 2.67 bits per heavy atom. The smallest absolute Gasteiger partial charge is 0.269 e. The Kier molecular flexibility index (Phi) is 3.17. The number of hydrogen-bond acceptors (Lipinski definition) is 4. The van der Waals surface area contributed by atoms with Crippen LogP contribution in [-0.4, -0.2) is 19.2 Å². The lowest BCUT2D eigenvalue weighted by molar-refractivity contribution is 0.545. The SMILES string of the molecule is Cc1cc(-n2c(=O)cc(F)n3c(=O)cnnc23)ccc1Br. The minimum Gasteiger partial charge on any atom is -0.269 e. The number of nitrogens with zero attached hydrogens (tertiary/aromatic N) is 4. The Morgan fingerprint density at radius 1 is 1.19 bits per heavy atom. The first kappa shape index (κ1) is 13.6. The maximum absolute atomic E-state index is 13.8. The topological polar surface area (TPSA) is 69.3 Å². The Morgan fingerprint density at radius 2 is 1.95 bits per heavy atom. The number of aryl methyl sites for hydroxylation is 1. The second-order valence-corrected chi connectivity index (χ2v) is 5.25. The van der Waals surface area contributed by atoms with E-state index < -0.39 is 17.1 Å². The van der Waals surface area contributed by atoms with Gasteiger partial charge in [0.1, 0.15) is 6.20 Å². The van der Waals surface area contributed by atoms with Crippen LogP contribution in [0.1, 0.15) is 5.56 Å². The molecule has 1 aromatic carbocycles. The monoisotopic (exact) mass is 350 g/mol. The van der Waals surface area contributed by atoms with Crippen LogP contribution >= 0.6 is 15.9 Å². The molecule has 2 aromatic heterocycles. The number of benzene rings is 1. The predicted molar refractivity (Wildman–Crippen MR) is 77.2 cm³/mol. The van der Waals surface area contributed by atoms with E-state index in [2.05, 4.69) is 26.1 Å². The number of hydrogen-bond donors (Lipinski definition) is 0. The first-order chi connectivity index (χ1) is 9.99. The van der Waals surface area contributed by atoms with Crippen molar-refractivity contribution >= 4 is 21.7 Å². The van der Waals surface area contributed by atoms with E-state index in [1.165, 1.54) is 0 Å². The van der Waals surface area contributed by atoms with Crippen molar-refractivity contribution in [2.75, 3.05) is 0 Å². The van der Waals surface area contributed by atoms with Crippen LogP contribution in [0.5, 0.6) is 0 Å². The van der Waals surface area contributed by atoms with Gasteiger partial charge in [-0.05, 0) is 30.7 Å². The summed E-state index contributed by atoms with van der Waals surface area (Å²) in [5.41, 5.74) is 0.0282. The van der Waals surface area contributed by atoms with Gasteiger partial charge in [0.05, 0.1) is 11.8 Å². The molecule has 0 amide bonds. The molecule has 0 bridgehead atoms. The van der Waals surface area contributed by atoms with Crippen LogP contribution in [0.15, 0.2) is 44.5 Å². The van der Waals surface area contributed by atoms with Crippen LogP contribution in [-0.2, 0) is 0 Å². The Hall–Kier alpha value is -2.35. The second-order valence-electron chi connectivity index (χ2n) is 4.39. The summed E-state index contributed by atoms with van der Waals surface area (Å²) in [6.07, 6.45) is 0.887. The van der Waals surface area contributed by atoms with Crippen molar-refractivity contribution in [2.24, 2.45) is 0 Å². The van der Waals surface area contributed by atoms with Gasteiger partial charge in [-0.1, -0.05) is 15.9 Å². The standard InChI is InChI=1S/C13H8BrFN4O2/c1-7-4-8(2-3-9(7)14)18-11(20)5-10(15)19-12(21)6-16-17-13(18)19/h2-6H,1H3. The molecule has 0 spiro atoms. The van der Waals surface area contributed by atoms with Crippen molar-refractivity contribution in [2.45, 2.75) is 6.92 Å². The summed E-state index contributed by atoms with van der Waals surface area (Å²) in [6.45, 7) is 1.85. The molecular weight excluding hydrogens is 343 g/mol. The highest BCUT2D eigenvalue weighted by Gasteiger charge is 2.13. The van der Waals surface area contributed by atoms with Gasteiger partial charge in [0, 0.05) is 4.47 Å². The minimum atomic E-state index is -0.972. The summed E-state index contributed by atoms with van der Waals surface area (Å²) < 4.78 is 16.5. The normalized spacial score (nSPS) is 11.0. The quantitative estimate of drug-likeness (QED) is 0.623. The molecule has 6 nitrogen and oxygen atoms in total. The molecule has 0 radical (unpaired) electrons. The van der Waals surface area contributed by atoms with Crippen molar-refractivity contribution < 1.29 is 4.39 Å². The molecule has 0 saturated heterocycles. The number of rotatable bonds is 1. The highest BCUT2D eigenvalue weighted by molar-refractivity contribution is 9.10. The van der Waals surface area contributed by atoms with Gasteiger partial charge in [-0.25, -0.2) is 8.97 Å². The van der Waals surface area contributed by atoms with E-state index in [0.717, 1.165) is 26.9 Å². The first-order valence-electron chi connectivity index (χ1n) is 5.91. The van der Waals surface area contributed by atoms with Crippen molar-refractivity contribution in [3.05, 3.63) is 67.2 Å². The zero-order chi connectivity index (χ0) is 15.1. The zero-order valence-electron chi connectivity index (χ0n) is 10.7. The average Bonchev–Trinajstić information content (AvgIpc) is 2.42. The molecule has 0 N–H and O–H groups in total. The zero-order valence-corrected chi connectivity index (χ0v) is 12.3. The molecule has 3 rings (SSSR count). The van der Waals surface area contributed by atoms with Gasteiger partial charge in [0.15, 0.2) is 0 Å². The van der Waals surface area contributed by atoms with Gasteiger partial charge in [-0.3, -0.25) is 9.59 Å². The van der Waals surface area contributed by atoms with Crippen LogP contribution in [0, 0.1) is 12.9 Å². The van der Waals surface area contributed by atoms with E-state index in [9.17, 15) is 14.0 Å². The van der Waals surface area contributed by atoms with Crippen molar-refractivity contribution in [3.63, 3.8) is 0 Å². The van der Waals surface area contributed by atoms with E-state index in [1.54, 1.807) is 18.2 Å². The van der Waals surface area contributed by atoms with E-state index in [1.807, 2.05) is 6.92 Å². The Balaban J connectivity index is 2.48. The summed E-state index contributed by atoms with van der Waals surface area (Å²) in [6, 6.07) is 5.89. The third-order valence-electron chi connectivity index (χ3n) is 3.01. The molecule has 0 aliphatic rings. The molecule has 21 heavy (non-hydrogen) atoms. The maximum atomic E-state index is 13.8. The van der Waals surface area contributed by atoms with Crippen LogP contribution in [0.2, 0.25) is 0 Å². The van der Waals surface area contributed by atoms with Gasteiger partial charge >= 0.3 is 0 Å². The predicted octanol–water partition coefficient (Wildman–Crippen LogP) is 1.45. The average molecular weight is 351 g/mol. The summed E-state index contributed by atoms with van der Waals surface area (Å²) >= 11 is 3.36. The van der Waals surface area contributed by atoms with Gasteiger partial charge in [0.25, 0.3) is 11.1 Å². The fraction of sp³-hybridized carbons (Fsp3) is 0.0769. The van der Waals surface area contributed by atoms with E-state index in [4.69, 9.17) is 0 Å². The third kappa shape index (κ3) is 2.17. The number of halogens is 2. The van der Waals surface area contributed by atoms with Crippen LogP contribution in [0.25, 0.3) is 11.5 Å². The highest BCUT2D eigenvalue weighted by Crippen LogP contribution is 2.19. The van der Waals surface area contributed by atoms with Gasteiger partial charge < -0.3 is 0 Å². The molecule has 0 atom stereocenters. The van der Waals surface area contributed by atoms with Crippen LogP contribution in [0.4, 0.5) is 4.39 Å². The van der Waals surface area contributed by atoms with Crippen molar-refractivity contribution in [1.82, 2.24) is 19.2 Å². The summed E-state index contributed by atoms with van der Waals surface area (Å²) in [7, 11) is 0. The first-order valence-corrected chi connectivity index (χ1v) is 6.71. The van der Waals surface area contributed by atoms with E-state index in [-0.39, 0.29) is 5.78 Å². The second kappa shape index (κ2) is 4.88. The molecule has 2 heterocycles. The van der Waals surface area contributed by atoms with Gasteiger partial charge in [-0.15, -0.1) is 10.2 Å². The van der Waals surface area contributed by atoms with Gasteiger partial charge in [0.2, 0.25) is 11.7 Å². The Bertz CT molecular complexity index is 980. The lowest BCUT2D eigenvalue weighted by atomic mass is 10.2. The Labute approximate surface area is 125 Å². The molecule has 0 fully saturated rings. The molecule has 0 aliphatic carbocycles. The van der Waals surface area contributed by atoms with Crippen LogP contribution < -0.4 is 11.1 Å². The number of aromatic nitrogens is 4. The lowest BCUT2D eigenvalue weighted by Crippen LogP contribution is -2.29. The van der Waals surface area contributed by atoms with Crippen LogP contribution in [0.3, 0.4) is 0 Å². The summed E-state index contributed by atoms with van der Waals surface area (Å²) in [5.74, 6) is -1.14. The van der Waals surface area contributed by atoms with E-state index in [0.29, 0.717) is 10.1 Å². The lowest BCUT2D eigenvalue weighted by Gasteiger charge is -2.10. The molecule has 0 saturated carbocycles. The largest absolute Gasteiger partial charge is 0.280 e. The fourth-order valence-electron chi connectivity index (χ4n) is 2.02. The molecule has 0 aliphatic heterocycles. The summed E-state index contributed by atoms with van der Waals surface area (Å²) in [4.78, 5) is 23.8. The molecule has 0 unspecified atom stereocenters. The summed E-state index contributed by atoms with van der Waals surface area (Å²) in [5, 5.41) is 7.22. The molecular formula is C13H8BrFN4O2. The molecule has 3 aromatic rings. The maximum Gasteiger partial charge on any atom is 0.280 e. The van der Waals surface area contributed by atoms with Crippen molar-refractivity contribution in [3.8, 4) is 5.69 Å². The third-order valence-corrected chi connectivity index (χ3v) is 3.90. The number of fused-ring (bicyclic) bond motifs is 1. The van der Waals surface area contributed by atoms with Gasteiger partial charge in [-0.2, -0.15) is 4.39 Å². The van der Waals surface area contributed by atoms with E-state index >= 15 is 0 Å². The minimum absolute atomic E-state index is 0.172. The molecule has 8 heteroatoms. The van der Waals surface area contributed by atoms with Crippen molar-refractivity contribution in [1.29, 1.82) is 0 Å². The highest BCUT2D eigenvalue weighted by atomic mass is 79.9. The molecule has 106 valence electrons.